The number of nitrogens with one attached hydrogen (secondary N) is 2. The number of sulfonamides is 1. The number of hydrogen-bond acceptors (Lipinski definition) is 4. The Hall–Kier alpha value is -2.29. The number of carbonyl (C=O) groups is 1. The first-order chi connectivity index (χ1) is 10.3. The molecule has 0 saturated carbocycles. The summed E-state index contributed by atoms with van der Waals surface area (Å²) in [7, 11) is -3.86. The largest absolute Gasteiger partial charge is 0.477 e. The summed E-state index contributed by atoms with van der Waals surface area (Å²) in [5.41, 5.74) is -0.192. The van der Waals surface area contributed by atoms with Gasteiger partial charge in [-0.3, -0.25) is 9.40 Å². The maximum atomic E-state index is 12.1. The van der Waals surface area contributed by atoms with Gasteiger partial charge in [0, 0.05) is 25.0 Å². The van der Waals surface area contributed by atoms with Crippen molar-refractivity contribution >= 4 is 21.8 Å². The zero-order valence-electron chi connectivity index (χ0n) is 12.3. The number of H-pyrrole nitrogens is 1. The van der Waals surface area contributed by atoms with Crippen LogP contribution in [0.3, 0.4) is 0 Å². The van der Waals surface area contributed by atoms with E-state index in [0.29, 0.717) is 12.5 Å². The second-order valence-corrected chi connectivity index (χ2v) is 6.99. The van der Waals surface area contributed by atoms with E-state index < -0.39 is 16.0 Å². The summed E-state index contributed by atoms with van der Waals surface area (Å²) in [5.74, 6) is -0.500. The summed E-state index contributed by atoms with van der Waals surface area (Å²) in [6, 6.07) is 2.61. The molecule has 0 aromatic carbocycles. The molecular weight excluding hydrogens is 308 g/mol. The molecule has 0 atom stereocenters. The van der Waals surface area contributed by atoms with Crippen LogP contribution in [0.5, 0.6) is 0 Å². The fourth-order valence-electron chi connectivity index (χ4n) is 1.78. The maximum Gasteiger partial charge on any atom is 0.352 e. The van der Waals surface area contributed by atoms with Gasteiger partial charge in [-0.1, -0.05) is 13.8 Å². The molecule has 9 heteroatoms. The Labute approximate surface area is 128 Å². The van der Waals surface area contributed by atoms with Crippen molar-refractivity contribution in [2.24, 2.45) is 5.92 Å². The van der Waals surface area contributed by atoms with Gasteiger partial charge in [0.2, 0.25) is 0 Å². The van der Waals surface area contributed by atoms with E-state index in [1.165, 1.54) is 0 Å². The van der Waals surface area contributed by atoms with E-state index in [1.807, 2.05) is 0 Å². The molecule has 2 aromatic rings. The highest BCUT2D eigenvalue weighted by molar-refractivity contribution is 7.92. The first kappa shape index (κ1) is 16.1. The van der Waals surface area contributed by atoms with Gasteiger partial charge in [-0.2, -0.15) is 5.10 Å². The van der Waals surface area contributed by atoms with E-state index >= 15 is 0 Å². The van der Waals surface area contributed by atoms with Gasteiger partial charge in [-0.05, 0) is 18.4 Å². The Balaban J connectivity index is 2.09. The van der Waals surface area contributed by atoms with Crippen LogP contribution in [-0.4, -0.2) is 34.3 Å². The first-order valence-electron chi connectivity index (χ1n) is 6.76. The summed E-state index contributed by atoms with van der Waals surface area (Å²) in [6.07, 6.45) is 3.76. The van der Waals surface area contributed by atoms with Crippen molar-refractivity contribution in [1.29, 1.82) is 0 Å². The van der Waals surface area contributed by atoms with Crippen LogP contribution in [0.1, 0.15) is 30.8 Å². The maximum absolute atomic E-state index is 12.1. The summed E-state index contributed by atoms with van der Waals surface area (Å²) < 4.78 is 28.3. The lowest BCUT2D eigenvalue weighted by Gasteiger charge is -2.05. The molecule has 0 aliphatic rings. The van der Waals surface area contributed by atoms with Crippen LogP contribution in [0.2, 0.25) is 0 Å². The van der Waals surface area contributed by atoms with Gasteiger partial charge in [0.15, 0.2) is 5.82 Å². The number of anilines is 1. The lowest BCUT2D eigenvalue weighted by atomic mass is 10.1. The van der Waals surface area contributed by atoms with Crippen molar-refractivity contribution in [1.82, 2.24) is 14.8 Å². The SMILES string of the molecule is CC(C)CCn1ccc(NS(=O)(=O)c2c[nH]c(C(=O)O)c2)n1. The molecule has 0 saturated heterocycles. The molecule has 22 heavy (non-hydrogen) atoms. The second-order valence-electron chi connectivity index (χ2n) is 5.31. The number of aromatic nitrogens is 3. The van der Waals surface area contributed by atoms with E-state index in [1.54, 1.807) is 16.9 Å². The van der Waals surface area contributed by atoms with E-state index in [-0.39, 0.29) is 16.4 Å². The van der Waals surface area contributed by atoms with Gasteiger partial charge in [-0.15, -0.1) is 0 Å². The average Bonchev–Trinajstić information content (AvgIpc) is 3.04. The molecule has 0 aliphatic carbocycles. The highest BCUT2D eigenvalue weighted by Gasteiger charge is 2.19. The van der Waals surface area contributed by atoms with Crippen LogP contribution in [0, 0.1) is 5.92 Å². The van der Waals surface area contributed by atoms with Gasteiger partial charge in [-0.25, -0.2) is 13.2 Å². The number of aryl methyl sites for hydroxylation is 1. The molecule has 2 aromatic heterocycles. The molecule has 0 spiro atoms. The smallest absolute Gasteiger partial charge is 0.352 e. The molecule has 120 valence electrons. The van der Waals surface area contributed by atoms with E-state index in [4.69, 9.17) is 5.11 Å². The van der Waals surface area contributed by atoms with E-state index in [9.17, 15) is 13.2 Å². The Morgan fingerprint density at radius 2 is 2.23 bits per heavy atom. The zero-order chi connectivity index (χ0) is 16.3. The van der Waals surface area contributed by atoms with E-state index in [0.717, 1.165) is 18.7 Å². The van der Waals surface area contributed by atoms with Crippen molar-refractivity contribution in [3.8, 4) is 0 Å². The molecule has 0 unspecified atom stereocenters. The van der Waals surface area contributed by atoms with Crippen LogP contribution < -0.4 is 4.72 Å². The number of nitrogens with zero attached hydrogens (tertiary/aromatic N) is 2. The van der Waals surface area contributed by atoms with Gasteiger partial charge in [0.05, 0.1) is 0 Å². The molecule has 0 aliphatic heterocycles. The number of aromatic amines is 1. The standard InChI is InChI=1S/C13H18N4O4S/c1-9(2)3-5-17-6-4-12(15-17)16-22(20,21)10-7-11(13(18)19)14-8-10/h4,6-9,14H,3,5H2,1-2H3,(H,15,16)(H,18,19). The first-order valence-corrected chi connectivity index (χ1v) is 8.24. The quantitative estimate of drug-likeness (QED) is 0.716. The van der Waals surface area contributed by atoms with Crippen LogP contribution in [0.25, 0.3) is 0 Å². The van der Waals surface area contributed by atoms with Gasteiger partial charge >= 0.3 is 5.97 Å². The third kappa shape index (κ3) is 3.88. The number of carboxylic acid groups (broad SMARTS) is 1. The molecule has 0 amide bonds. The zero-order valence-corrected chi connectivity index (χ0v) is 13.1. The monoisotopic (exact) mass is 326 g/mol. The number of hydrogen-bond donors (Lipinski definition) is 3. The van der Waals surface area contributed by atoms with Gasteiger partial charge < -0.3 is 10.1 Å². The van der Waals surface area contributed by atoms with Crippen molar-refractivity contribution in [3.63, 3.8) is 0 Å². The molecular formula is C13H18N4O4S. The molecule has 2 rings (SSSR count). The minimum atomic E-state index is -3.86. The molecule has 0 fully saturated rings. The second kappa shape index (κ2) is 6.22. The normalized spacial score (nSPS) is 11.8. The van der Waals surface area contributed by atoms with Gasteiger partial charge in [0.25, 0.3) is 10.0 Å². The van der Waals surface area contributed by atoms with Crippen molar-refractivity contribution < 1.29 is 18.3 Å². The summed E-state index contributed by atoms with van der Waals surface area (Å²) in [4.78, 5) is 13.0. The van der Waals surface area contributed by atoms with Crippen LogP contribution in [0.4, 0.5) is 5.82 Å². The highest BCUT2D eigenvalue weighted by atomic mass is 32.2. The predicted molar refractivity (Wildman–Crippen MR) is 80.2 cm³/mol. The van der Waals surface area contributed by atoms with Crippen molar-refractivity contribution in [2.75, 3.05) is 4.72 Å². The molecule has 3 N–H and O–H groups in total. The average molecular weight is 326 g/mol. The molecule has 0 radical (unpaired) electrons. The third-order valence-electron chi connectivity index (χ3n) is 3.01. The lowest BCUT2D eigenvalue weighted by Crippen LogP contribution is -2.13. The van der Waals surface area contributed by atoms with Crippen molar-refractivity contribution in [2.45, 2.75) is 31.7 Å². The Bertz CT molecular complexity index is 761. The Morgan fingerprint density at radius 1 is 1.50 bits per heavy atom. The number of carboxylic acids is 1. The summed E-state index contributed by atoms with van der Waals surface area (Å²) in [5, 5.41) is 12.9. The minimum absolute atomic E-state index is 0.151. The van der Waals surface area contributed by atoms with Crippen molar-refractivity contribution in [3.05, 3.63) is 30.2 Å². The fourth-order valence-corrected chi connectivity index (χ4v) is 2.77. The lowest BCUT2D eigenvalue weighted by molar-refractivity contribution is 0.0691. The fraction of sp³-hybridized carbons (Fsp3) is 0.385. The highest BCUT2D eigenvalue weighted by Crippen LogP contribution is 2.16. The molecule has 8 nitrogen and oxygen atoms in total. The number of rotatable bonds is 7. The Kier molecular flexibility index (Phi) is 4.55. The molecule has 0 bridgehead atoms. The third-order valence-corrected chi connectivity index (χ3v) is 4.35. The predicted octanol–water partition coefficient (Wildman–Crippen LogP) is 1.76. The summed E-state index contributed by atoms with van der Waals surface area (Å²) in [6.45, 7) is 4.89. The van der Waals surface area contributed by atoms with Crippen LogP contribution in [0.15, 0.2) is 29.4 Å². The number of aromatic carboxylic acids is 1. The van der Waals surface area contributed by atoms with Crippen LogP contribution >= 0.6 is 0 Å². The van der Waals surface area contributed by atoms with Crippen LogP contribution in [-0.2, 0) is 16.6 Å². The van der Waals surface area contributed by atoms with Gasteiger partial charge in [0.1, 0.15) is 10.6 Å². The topological polar surface area (TPSA) is 117 Å². The molecule has 2 heterocycles. The summed E-state index contributed by atoms with van der Waals surface area (Å²) >= 11 is 0. The minimum Gasteiger partial charge on any atom is -0.477 e. The Morgan fingerprint density at radius 3 is 2.82 bits per heavy atom. The van der Waals surface area contributed by atoms with E-state index in [2.05, 4.69) is 28.7 Å².